The number of halogens is 1. The van der Waals surface area contributed by atoms with Gasteiger partial charge in [-0.25, -0.2) is 0 Å². The van der Waals surface area contributed by atoms with Crippen LogP contribution in [0.25, 0.3) is 60.6 Å². The van der Waals surface area contributed by atoms with Gasteiger partial charge in [0.25, 0.3) is 0 Å². The number of hydrogen-bond donors (Lipinski definition) is 0. The summed E-state index contributed by atoms with van der Waals surface area (Å²) in [6.45, 7) is 0. The first-order valence-corrected chi connectivity index (χ1v) is 11.8. The summed E-state index contributed by atoms with van der Waals surface area (Å²) >= 11 is 3.53. The molecule has 33 heavy (non-hydrogen) atoms. The van der Waals surface area contributed by atoms with Crippen molar-refractivity contribution in [2.75, 3.05) is 0 Å². The standard InChI is InChI=1S/C30H18BrNO/c31-21-12-9-19(10-13-21)20-11-15-29-25(17-20)26-18-22(14-16-30(26)33-29)32-27-7-3-1-5-23(27)24-6-2-4-8-28(24)32/h1-18H. The van der Waals surface area contributed by atoms with Crippen LogP contribution in [0.15, 0.2) is 118 Å². The normalized spacial score (nSPS) is 11.8. The Morgan fingerprint density at radius 1 is 0.515 bits per heavy atom. The van der Waals surface area contributed by atoms with Gasteiger partial charge in [-0.2, -0.15) is 0 Å². The highest BCUT2D eigenvalue weighted by Gasteiger charge is 2.14. The second kappa shape index (κ2) is 7.09. The van der Waals surface area contributed by atoms with Gasteiger partial charge in [0.1, 0.15) is 11.2 Å². The smallest absolute Gasteiger partial charge is 0.135 e. The molecule has 0 saturated heterocycles. The summed E-state index contributed by atoms with van der Waals surface area (Å²) in [5.41, 5.74) is 7.74. The van der Waals surface area contributed by atoms with Gasteiger partial charge in [-0.3, -0.25) is 0 Å². The van der Waals surface area contributed by atoms with Crippen molar-refractivity contribution < 1.29 is 4.42 Å². The van der Waals surface area contributed by atoms with Crippen LogP contribution in [0.1, 0.15) is 0 Å². The van der Waals surface area contributed by atoms with E-state index in [0.29, 0.717) is 0 Å². The number of nitrogens with zero attached hydrogens (tertiary/aromatic N) is 1. The predicted molar refractivity (Wildman–Crippen MR) is 141 cm³/mol. The maximum absolute atomic E-state index is 6.19. The zero-order chi connectivity index (χ0) is 21.9. The second-order valence-corrected chi connectivity index (χ2v) is 9.29. The third kappa shape index (κ3) is 2.86. The van der Waals surface area contributed by atoms with Crippen LogP contribution in [-0.4, -0.2) is 4.57 Å². The fourth-order valence-corrected chi connectivity index (χ4v) is 5.19. The number of rotatable bonds is 2. The van der Waals surface area contributed by atoms with E-state index in [0.717, 1.165) is 32.1 Å². The van der Waals surface area contributed by atoms with E-state index in [9.17, 15) is 0 Å². The average Bonchev–Trinajstić information content (AvgIpc) is 3.39. The summed E-state index contributed by atoms with van der Waals surface area (Å²) in [5, 5.41) is 4.79. The molecule has 2 aromatic heterocycles. The van der Waals surface area contributed by atoms with Crippen LogP contribution in [0.3, 0.4) is 0 Å². The van der Waals surface area contributed by atoms with Crippen molar-refractivity contribution in [2.45, 2.75) is 0 Å². The number of hydrogen-bond acceptors (Lipinski definition) is 1. The Labute approximate surface area is 198 Å². The molecule has 5 aromatic carbocycles. The van der Waals surface area contributed by atoms with Crippen LogP contribution in [0, 0.1) is 0 Å². The molecule has 2 nitrogen and oxygen atoms in total. The lowest BCUT2D eigenvalue weighted by molar-refractivity contribution is 0.669. The number of aromatic nitrogens is 1. The van der Waals surface area contributed by atoms with E-state index >= 15 is 0 Å². The maximum atomic E-state index is 6.19. The Balaban J connectivity index is 1.49. The van der Waals surface area contributed by atoms with Crippen molar-refractivity contribution >= 4 is 59.7 Å². The van der Waals surface area contributed by atoms with Crippen LogP contribution >= 0.6 is 15.9 Å². The van der Waals surface area contributed by atoms with Crippen molar-refractivity contribution in [3.63, 3.8) is 0 Å². The van der Waals surface area contributed by atoms with Gasteiger partial charge in [-0.05, 0) is 65.7 Å². The van der Waals surface area contributed by atoms with Gasteiger partial charge in [-0.15, -0.1) is 0 Å². The third-order valence-corrected chi connectivity index (χ3v) is 7.00. The maximum Gasteiger partial charge on any atom is 0.135 e. The molecule has 0 N–H and O–H groups in total. The van der Waals surface area contributed by atoms with Crippen LogP contribution in [0.4, 0.5) is 0 Å². The zero-order valence-corrected chi connectivity index (χ0v) is 19.2. The van der Waals surface area contributed by atoms with E-state index in [1.807, 2.05) is 0 Å². The Hall–Kier alpha value is -3.82. The number of para-hydroxylation sites is 2. The topological polar surface area (TPSA) is 18.1 Å². The highest BCUT2D eigenvalue weighted by atomic mass is 79.9. The fourth-order valence-electron chi connectivity index (χ4n) is 4.93. The Bertz CT molecular complexity index is 1770. The first kappa shape index (κ1) is 18.7. The monoisotopic (exact) mass is 487 g/mol. The lowest BCUT2D eigenvalue weighted by Crippen LogP contribution is -1.93. The minimum atomic E-state index is 0.905. The summed E-state index contributed by atoms with van der Waals surface area (Å²) in [7, 11) is 0. The summed E-state index contributed by atoms with van der Waals surface area (Å²) in [4.78, 5) is 0. The molecule has 156 valence electrons. The summed E-state index contributed by atoms with van der Waals surface area (Å²) < 4.78 is 9.62. The SMILES string of the molecule is Brc1ccc(-c2ccc3oc4ccc(-n5c6ccccc6c6ccccc65)cc4c3c2)cc1. The lowest BCUT2D eigenvalue weighted by Gasteiger charge is -2.08. The van der Waals surface area contributed by atoms with Crippen molar-refractivity contribution in [2.24, 2.45) is 0 Å². The second-order valence-electron chi connectivity index (χ2n) is 8.37. The van der Waals surface area contributed by atoms with Crippen molar-refractivity contribution in [1.82, 2.24) is 4.57 Å². The molecule has 0 fully saturated rings. The summed E-state index contributed by atoms with van der Waals surface area (Å²) in [5.74, 6) is 0. The largest absolute Gasteiger partial charge is 0.456 e. The minimum Gasteiger partial charge on any atom is -0.456 e. The molecule has 0 atom stereocenters. The molecule has 7 aromatic rings. The first-order valence-electron chi connectivity index (χ1n) is 11.0. The van der Waals surface area contributed by atoms with Crippen molar-refractivity contribution in [3.05, 3.63) is 114 Å². The van der Waals surface area contributed by atoms with Gasteiger partial charge < -0.3 is 8.98 Å². The molecular formula is C30H18BrNO. The highest BCUT2D eigenvalue weighted by Crippen LogP contribution is 2.36. The van der Waals surface area contributed by atoms with Crippen LogP contribution in [0.2, 0.25) is 0 Å². The van der Waals surface area contributed by atoms with Crippen LogP contribution < -0.4 is 0 Å². The van der Waals surface area contributed by atoms with Gasteiger partial charge in [0.15, 0.2) is 0 Å². The summed E-state index contributed by atoms with van der Waals surface area (Å²) in [6, 6.07) is 38.6. The molecule has 0 aliphatic rings. The van der Waals surface area contributed by atoms with E-state index in [1.165, 1.54) is 32.9 Å². The van der Waals surface area contributed by atoms with Crippen LogP contribution in [-0.2, 0) is 0 Å². The number of benzene rings is 5. The molecule has 3 heteroatoms. The molecular weight excluding hydrogens is 470 g/mol. The van der Waals surface area contributed by atoms with Crippen molar-refractivity contribution in [3.8, 4) is 16.8 Å². The lowest BCUT2D eigenvalue weighted by atomic mass is 10.0. The van der Waals surface area contributed by atoms with Gasteiger partial charge in [0.2, 0.25) is 0 Å². The molecule has 2 heterocycles. The average molecular weight is 488 g/mol. The van der Waals surface area contributed by atoms with E-state index in [4.69, 9.17) is 4.42 Å². The molecule has 0 aliphatic carbocycles. The van der Waals surface area contributed by atoms with Crippen molar-refractivity contribution in [1.29, 1.82) is 0 Å². The third-order valence-electron chi connectivity index (χ3n) is 6.47. The van der Waals surface area contributed by atoms with Crippen LogP contribution in [0.5, 0.6) is 0 Å². The molecule has 0 saturated carbocycles. The Morgan fingerprint density at radius 2 is 1.09 bits per heavy atom. The van der Waals surface area contributed by atoms with E-state index in [1.54, 1.807) is 0 Å². The number of fused-ring (bicyclic) bond motifs is 6. The Morgan fingerprint density at radius 3 is 1.79 bits per heavy atom. The van der Waals surface area contributed by atoms with E-state index in [2.05, 4.69) is 130 Å². The van der Waals surface area contributed by atoms with Gasteiger partial charge in [-0.1, -0.05) is 70.5 Å². The molecule has 0 spiro atoms. The first-order chi connectivity index (χ1) is 16.3. The molecule has 0 aliphatic heterocycles. The molecule has 0 bridgehead atoms. The quantitative estimate of drug-likeness (QED) is 0.237. The molecule has 0 radical (unpaired) electrons. The number of furan rings is 1. The summed E-state index contributed by atoms with van der Waals surface area (Å²) in [6.07, 6.45) is 0. The van der Waals surface area contributed by atoms with E-state index < -0.39 is 0 Å². The van der Waals surface area contributed by atoms with Gasteiger partial charge in [0, 0.05) is 31.7 Å². The Kier molecular flexibility index (Phi) is 4.02. The molecule has 0 amide bonds. The molecule has 0 unspecified atom stereocenters. The highest BCUT2D eigenvalue weighted by molar-refractivity contribution is 9.10. The van der Waals surface area contributed by atoms with E-state index in [-0.39, 0.29) is 0 Å². The van der Waals surface area contributed by atoms with Gasteiger partial charge in [0.05, 0.1) is 11.0 Å². The zero-order valence-electron chi connectivity index (χ0n) is 17.6. The fraction of sp³-hybridized carbons (Fsp3) is 0. The minimum absolute atomic E-state index is 0.905. The van der Waals surface area contributed by atoms with Gasteiger partial charge >= 0.3 is 0 Å². The predicted octanol–water partition coefficient (Wildman–Crippen LogP) is 9.11. The molecule has 7 rings (SSSR count).